The van der Waals surface area contributed by atoms with E-state index in [0.717, 1.165) is 16.0 Å². The average molecular weight is 616 g/mol. The van der Waals surface area contributed by atoms with Gasteiger partial charge in [0.2, 0.25) is 15.2 Å². The standard InChI is InChI=1S/C27H33N7O6S2/c1-26(2,3)39-24(35)33(20-10-11-21-18(15-20)16-29-34(21)25(36)40-27(4,5)6)23-31-30-22(41-23)17-8-7-9-19(14-17)32-42(37,38)13-12-28/h7-11,14-16,32H,12-13,28H2,1-6H3. The first-order valence-corrected chi connectivity index (χ1v) is 15.4. The highest BCUT2D eigenvalue weighted by Gasteiger charge is 2.29. The van der Waals surface area contributed by atoms with Gasteiger partial charge in [-0.15, -0.1) is 10.2 Å². The molecule has 0 radical (unpaired) electrons. The van der Waals surface area contributed by atoms with E-state index < -0.39 is 33.4 Å². The van der Waals surface area contributed by atoms with E-state index in [0.29, 0.717) is 32.8 Å². The Morgan fingerprint density at radius 2 is 1.74 bits per heavy atom. The number of nitrogens with one attached hydrogen (secondary N) is 1. The van der Waals surface area contributed by atoms with Crippen molar-refractivity contribution in [3.8, 4) is 10.6 Å². The molecule has 0 unspecified atom stereocenters. The van der Waals surface area contributed by atoms with Crippen LogP contribution in [0.1, 0.15) is 41.5 Å². The van der Waals surface area contributed by atoms with Gasteiger partial charge in [0.05, 0.1) is 23.2 Å². The number of benzene rings is 2. The summed E-state index contributed by atoms with van der Waals surface area (Å²) in [6.07, 6.45) is 0.182. The van der Waals surface area contributed by atoms with Gasteiger partial charge in [-0.2, -0.15) is 9.78 Å². The van der Waals surface area contributed by atoms with Gasteiger partial charge in [0, 0.05) is 23.2 Å². The van der Waals surface area contributed by atoms with E-state index in [-0.39, 0.29) is 17.4 Å². The highest BCUT2D eigenvalue weighted by Crippen LogP contribution is 2.36. The van der Waals surface area contributed by atoms with Crippen molar-refractivity contribution in [3.05, 3.63) is 48.7 Å². The number of rotatable bonds is 7. The van der Waals surface area contributed by atoms with E-state index in [9.17, 15) is 18.0 Å². The highest BCUT2D eigenvalue weighted by molar-refractivity contribution is 7.92. The van der Waals surface area contributed by atoms with Gasteiger partial charge < -0.3 is 15.2 Å². The molecular formula is C27H33N7O6S2. The Balaban J connectivity index is 1.71. The van der Waals surface area contributed by atoms with Gasteiger partial charge in [-0.25, -0.2) is 22.9 Å². The summed E-state index contributed by atoms with van der Waals surface area (Å²) in [5.41, 5.74) is 5.72. The lowest BCUT2D eigenvalue weighted by Gasteiger charge is -2.25. The summed E-state index contributed by atoms with van der Waals surface area (Å²) in [6, 6.07) is 11.6. The fourth-order valence-electron chi connectivity index (χ4n) is 3.74. The van der Waals surface area contributed by atoms with Crippen molar-refractivity contribution < 1.29 is 27.5 Å². The molecule has 4 rings (SSSR count). The van der Waals surface area contributed by atoms with Crippen molar-refractivity contribution in [1.82, 2.24) is 20.0 Å². The van der Waals surface area contributed by atoms with Crippen LogP contribution in [-0.2, 0) is 19.5 Å². The number of carbonyl (C=O) groups excluding carboxylic acids is 2. The highest BCUT2D eigenvalue weighted by atomic mass is 32.2. The van der Waals surface area contributed by atoms with Crippen LogP contribution in [0, 0.1) is 0 Å². The minimum absolute atomic E-state index is 0.0110. The van der Waals surface area contributed by atoms with Gasteiger partial charge in [-0.3, -0.25) is 4.72 Å². The Morgan fingerprint density at radius 3 is 2.40 bits per heavy atom. The van der Waals surface area contributed by atoms with Crippen molar-refractivity contribution in [2.24, 2.45) is 5.73 Å². The van der Waals surface area contributed by atoms with Crippen LogP contribution in [-0.4, -0.2) is 64.1 Å². The molecule has 42 heavy (non-hydrogen) atoms. The second kappa shape index (κ2) is 11.7. The second-order valence-corrected chi connectivity index (χ2v) is 14.1. The van der Waals surface area contributed by atoms with Gasteiger partial charge in [0.25, 0.3) is 0 Å². The van der Waals surface area contributed by atoms with E-state index in [1.54, 1.807) is 84.0 Å². The zero-order valence-corrected chi connectivity index (χ0v) is 25.7. The number of nitrogens with zero attached hydrogens (tertiary/aromatic N) is 5. The van der Waals surface area contributed by atoms with Crippen LogP contribution in [0.2, 0.25) is 0 Å². The summed E-state index contributed by atoms with van der Waals surface area (Å²) in [5, 5.41) is 13.9. The smallest absolute Gasteiger partial charge is 0.435 e. The third-order valence-corrected chi connectivity index (χ3v) is 7.60. The molecule has 0 aliphatic carbocycles. The van der Waals surface area contributed by atoms with E-state index in [1.165, 1.54) is 11.1 Å². The third kappa shape index (κ3) is 7.60. The summed E-state index contributed by atoms with van der Waals surface area (Å²) in [5.74, 6) is -0.216. The Bertz CT molecular complexity index is 1720. The number of nitrogens with two attached hydrogens (primary N) is 1. The zero-order valence-electron chi connectivity index (χ0n) is 24.1. The van der Waals surface area contributed by atoms with Crippen LogP contribution < -0.4 is 15.4 Å². The number of sulfonamides is 1. The molecule has 2 heterocycles. The Kier molecular flexibility index (Phi) is 8.57. The molecule has 1 amide bonds. The summed E-state index contributed by atoms with van der Waals surface area (Å²) in [7, 11) is -3.60. The van der Waals surface area contributed by atoms with Crippen LogP contribution >= 0.6 is 11.3 Å². The van der Waals surface area contributed by atoms with Gasteiger partial charge in [0.15, 0.2) is 0 Å². The lowest BCUT2D eigenvalue weighted by atomic mass is 10.2. The monoisotopic (exact) mass is 615 g/mol. The molecule has 0 aliphatic heterocycles. The maximum Gasteiger partial charge on any atom is 0.435 e. The van der Waals surface area contributed by atoms with Crippen LogP contribution in [0.5, 0.6) is 0 Å². The summed E-state index contributed by atoms with van der Waals surface area (Å²) in [6.45, 7) is 10.5. The number of aromatic nitrogens is 4. The lowest BCUT2D eigenvalue weighted by Crippen LogP contribution is -2.33. The predicted octanol–water partition coefficient (Wildman–Crippen LogP) is 5.11. The summed E-state index contributed by atoms with van der Waals surface area (Å²) < 4.78 is 39.1. The zero-order chi connectivity index (χ0) is 30.9. The van der Waals surface area contributed by atoms with E-state index >= 15 is 0 Å². The molecule has 4 aromatic rings. The van der Waals surface area contributed by atoms with E-state index in [4.69, 9.17) is 15.2 Å². The Labute approximate surface area is 247 Å². The van der Waals surface area contributed by atoms with Crippen LogP contribution in [0.3, 0.4) is 0 Å². The predicted molar refractivity (Wildman–Crippen MR) is 162 cm³/mol. The van der Waals surface area contributed by atoms with Crippen molar-refractivity contribution in [3.63, 3.8) is 0 Å². The number of hydrogen-bond acceptors (Lipinski definition) is 11. The fourth-order valence-corrected chi connectivity index (χ4v) is 5.49. The van der Waals surface area contributed by atoms with E-state index in [2.05, 4.69) is 20.0 Å². The van der Waals surface area contributed by atoms with Gasteiger partial charge in [-0.05, 0) is 71.9 Å². The molecule has 0 saturated carbocycles. The van der Waals surface area contributed by atoms with Crippen molar-refractivity contribution in [2.45, 2.75) is 52.7 Å². The number of anilines is 3. The minimum Gasteiger partial charge on any atom is -0.443 e. The first kappa shape index (κ1) is 30.9. The maximum atomic E-state index is 13.4. The quantitative estimate of drug-likeness (QED) is 0.284. The van der Waals surface area contributed by atoms with Crippen molar-refractivity contribution in [2.75, 3.05) is 21.9 Å². The molecule has 3 N–H and O–H groups in total. The Hall–Kier alpha value is -4.08. The van der Waals surface area contributed by atoms with E-state index in [1.807, 2.05) is 0 Å². The van der Waals surface area contributed by atoms with Gasteiger partial charge in [-0.1, -0.05) is 23.5 Å². The molecule has 0 fully saturated rings. The topological polar surface area (TPSA) is 172 Å². The maximum absolute atomic E-state index is 13.4. The van der Waals surface area contributed by atoms with Gasteiger partial charge in [0.1, 0.15) is 16.2 Å². The molecule has 0 saturated heterocycles. The number of carbonyl (C=O) groups is 2. The first-order valence-electron chi connectivity index (χ1n) is 12.9. The molecule has 0 spiro atoms. The summed E-state index contributed by atoms with van der Waals surface area (Å²) in [4.78, 5) is 27.4. The van der Waals surface area contributed by atoms with Crippen LogP contribution in [0.25, 0.3) is 21.5 Å². The molecule has 0 aliphatic rings. The van der Waals surface area contributed by atoms with Gasteiger partial charge >= 0.3 is 12.2 Å². The number of hydrogen-bond donors (Lipinski definition) is 2. The van der Waals surface area contributed by atoms with Crippen LogP contribution in [0.4, 0.5) is 26.1 Å². The normalized spacial score (nSPS) is 12.3. The van der Waals surface area contributed by atoms with Crippen LogP contribution in [0.15, 0.2) is 48.7 Å². The fraction of sp³-hybridized carbons (Fsp3) is 0.370. The molecule has 0 atom stereocenters. The molecule has 224 valence electrons. The molecule has 13 nitrogen and oxygen atoms in total. The number of amides is 1. The molecular weight excluding hydrogens is 582 g/mol. The van der Waals surface area contributed by atoms with Crippen molar-refractivity contribution in [1.29, 1.82) is 0 Å². The molecule has 15 heteroatoms. The third-order valence-electron chi connectivity index (χ3n) is 5.33. The Morgan fingerprint density at radius 1 is 1.02 bits per heavy atom. The molecule has 2 aromatic heterocycles. The molecule has 2 aromatic carbocycles. The average Bonchev–Trinajstić information content (AvgIpc) is 3.49. The van der Waals surface area contributed by atoms with Crippen molar-refractivity contribution >= 4 is 61.0 Å². The number of ether oxygens (including phenoxy) is 2. The SMILES string of the molecule is CC(C)(C)OC(=O)N(c1ccc2c(cnn2C(=O)OC(C)(C)C)c1)c1nnc(-c2cccc(NS(=O)(=O)CCN)c2)s1. The molecule has 0 bridgehead atoms. The first-order chi connectivity index (χ1) is 19.5. The largest absolute Gasteiger partial charge is 0.443 e. The lowest BCUT2D eigenvalue weighted by molar-refractivity contribution is 0.0521. The minimum atomic E-state index is -3.60. The second-order valence-electron chi connectivity index (χ2n) is 11.3. The number of fused-ring (bicyclic) bond motifs is 1. The summed E-state index contributed by atoms with van der Waals surface area (Å²) >= 11 is 1.11.